The number of ether oxygens (including phenoxy) is 2. The molecule has 1 aliphatic heterocycles. The van der Waals surface area contributed by atoms with Gasteiger partial charge in [0, 0.05) is 6.20 Å². The fraction of sp³-hybridized carbons (Fsp3) is 0.615. The second kappa shape index (κ2) is 7.04. The summed E-state index contributed by atoms with van der Waals surface area (Å²) in [6.07, 6.45) is -3.63. The number of rotatable bonds is 5. The van der Waals surface area contributed by atoms with Gasteiger partial charge < -0.3 is 19.7 Å². The molecule has 4 N–H and O–H groups in total. The lowest BCUT2D eigenvalue weighted by molar-refractivity contribution is -0.153. The molecule has 0 aromatic carbocycles. The molecule has 1 aromatic rings. The molecule has 0 saturated carbocycles. The van der Waals surface area contributed by atoms with E-state index in [0.29, 0.717) is 0 Å². The Morgan fingerprint density at radius 3 is 2.74 bits per heavy atom. The quantitative estimate of drug-likeness (QED) is 0.389. The molecule has 2 unspecified atom stereocenters. The summed E-state index contributed by atoms with van der Waals surface area (Å²) in [5, 5.41) is 28.7. The average Bonchev–Trinajstić information content (AvgIpc) is 2.80. The third kappa shape index (κ3) is 3.67. The molecule has 1 aromatic heterocycles. The molecule has 10 nitrogen and oxygen atoms in total. The SMILES string of the molecule is CC(C)C(=O)OC[C@H]1O[C@@H](n2ccc(NO)nc2=O)C(O)C1O. The maximum absolute atomic E-state index is 11.8. The van der Waals surface area contributed by atoms with Gasteiger partial charge in [0.2, 0.25) is 0 Å². The molecule has 0 bridgehead atoms. The van der Waals surface area contributed by atoms with Crippen molar-refractivity contribution in [1.82, 2.24) is 9.55 Å². The predicted molar refractivity (Wildman–Crippen MR) is 75.6 cm³/mol. The molecular formula is C13H19N3O7. The number of anilines is 1. The van der Waals surface area contributed by atoms with Crippen molar-refractivity contribution in [3.63, 3.8) is 0 Å². The first-order chi connectivity index (χ1) is 10.8. The third-order valence-electron chi connectivity index (χ3n) is 3.42. The van der Waals surface area contributed by atoms with Crippen LogP contribution in [0.25, 0.3) is 0 Å². The van der Waals surface area contributed by atoms with Gasteiger partial charge in [-0.3, -0.25) is 20.0 Å². The van der Waals surface area contributed by atoms with E-state index < -0.39 is 36.2 Å². The van der Waals surface area contributed by atoms with E-state index in [1.165, 1.54) is 12.3 Å². The number of nitrogens with one attached hydrogen (secondary N) is 1. The van der Waals surface area contributed by atoms with Gasteiger partial charge in [-0.2, -0.15) is 4.98 Å². The first kappa shape index (κ1) is 17.3. The summed E-state index contributed by atoms with van der Waals surface area (Å²) in [6.45, 7) is 3.08. The lowest BCUT2D eigenvalue weighted by Gasteiger charge is -2.17. The smallest absolute Gasteiger partial charge is 0.351 e. The van der Waals surface area contributed by atoms with E-state index in [4.69, 9.17) is 14.7 Å². The standard InChI is InChI=1S/C13H19N3O7/c1-6(2)12(19)22-5-7-9(17)10(18)11(23-7)16-4-3-8(15-21)14-13(16)20/h3-4,6-7,9-11,17-18,21H,5H2,1-2H3,(H,14,15,20)/t7-,9?,10?,11-/m1/s1. The number of aliphatic hydroxyl groups is 2. The van der Waals surface area contributed by atoms with Crippen molar-refractivity contribution in [3.8, 4) is 0 Å². The summed E-state index contributed by atoms with van der Waals surface area (Å²) in [4.78, 5) is 26.8. The highest BCUT2D eigenvalue weighted by molar-refractivity contribution is 5.71. The Bertz CT molecular complexity index is 618. The van der Waals surface area contributed by atoms with Gasteiger partial charge in [-0.05, 0) is 6.07 Å². The summed E-state index contributed by atoms with van der Waals surface area (Å²) in [6, 6.07) is 1.29. The van der Waals surface area contributed by atoms with Crippen LogP contribution in [0.15, 0.2) is 17.1 Å². The fourth-order valence-corrected chi connectivity index (χ4v) is 2.10. The summed E-state index contributed by atoms with van der Waals surface area (Å²) >= 11 is 0. The molecule has 0 amide bonds. The summed E-state index contributed by atoms with van der Waals surface area (Å²) in [7, 11) is 0. The van der Waals surface area contributed by atoms with Gasteiger partial charge in [0.05, 0.1) is 5.92 Å². The molecule has 1 saturated heterocycles. The van der Waals surface area contributed by atoms with Crippen LogP contribution in [-0.2, 0) is 14.3 Å². The lowest BCUT2D eigenvalue weighted by Crippen LogP contribution is -2.36. The molecule has 2 rings (SSSR count). The third-order valence-corrected chi connectivity index (χ3v) is 3.42. The maximum atomic E-state index is 11.8. The number of hydrogen-bond acceptors (Lipinski definition) is 9. The van der Waals surface area contributed by atoms with Crippen LogP contribution in [0.3, 0.4) is 0 Å². The molecule has 0 spiro atoms. The summed E-state index contributed by atoms with van der Waals surface area (Å²) in [5.41, 5.74) is 0.931. The average molecular weight is 329 g/mol. The second-order valence-corrected chi connectivity index (χ2v) is 5.45. The second-order valence-electron chi connectivity index (χ2n) is 5.45. The van der Waals surface area contributed by atoms with E-state index in [1.807, 2.05) is 0 Å². The first-order valence-corrected chi connectivity index (χ1v) is 7.02. The highest BCUT2D eigenvalue weighted by Crippen LogP contribution is 2.28. The molecule has 0 radical (unpaired) electrons. The zero-order valence-corrected chi connectivity index (χ0v) is 12.6. The van der Waals surface area contributed by atoms with E-state index >= 15 is 0 Å². The van der Waals surface area contributed by atoms with E-state index in [2.05, 4.69) is 4.98 Å². The molecule has 23 heavy (non-hydrogen) atoms. The Labute approximate surface area is 131 Å². The number of carbonyl (C=O) groups excluding carboxylic acids is 1. The van der Waals surface area contributed by atoms with Crippen molar-refractivity contribution in [2.24, 2.45) is 5.92 Å². The van der Waals surface area contributed by atoms with Crippen LogP contribution in [0.4, 0.5) is 5.82 Å². The van der Waals surface area contributed by atoms with E-state index in [0.717, 1.165) is 4.57 Å². The number of aromatic nitrogens is 2. The fourth-order valence-electron chi connectivity index (χ4n) is 2.10. The van der Waals surface area contributed by atoms with Crippen molar-refractivity contribution in [1.29, 1.82) is 0 Å². The van der Waals surface area contributed by atoms with Gasteiger partial charge in [-0.25, -0.2) is 4.79 Å². The topological polar surface area (TPSA) is 143 Å². The van der Waals surface area contributed by atoms with Crippen LogP contribution in [0.5, 0.6) is 0 Å². The Morgan fingerprint density at radius 1 is 1.48 bits per heavy atom. The zero-order chi connectivity index (χ0) is 17.1. The molecule has 0 aliphatic carbocycles. The summed E-state index contributed by atoms with van der Waals surface area (Å²) < 4.78 is 11.4. The van der Waals surface area contributed by atoms with Gasteiger partial charge in [0.25, 0.3) is 0 Å². The summed E-state index contributed by atoms with van der Waals surface area (Å²) in [5.74, 6) is -0.864. The Balaban J connectivity index is 2.10. The number of nitrogens with zero attached hydrogens (tertiary/aromatic N) is 2. The van der Waals surface area contributed by atoms with Crippen LogP contribution in [0, 0.1) is 5.92 Å². The van der Waals surface area contributed by atoms with Gasteiger partial charge in [-0.15, -0.1) is 0 Å². The van der Waals surface area contributed by atoms with Crippen LogP contribution in [0.2, 0.25) is 0 Å². The van der Waals surface area contributed by atoms with E-state index in [9.17, 15) is 19.8 Å². The number of hydrogen-bond donors (Lipinski definition) is 4. The van der Waals surface area contributed by atoms with E-state index in [-0.39, 0.29) is 18.3 Å². The molecule has 4 atom stereocenters. The number of esters is 1. The van der Waals surface area contributed by atoms with Crippen molar-refractivity contribution in [2.45, 2.75) is 38.4 Å². The van der Waals surface area contributed by atoms with Crippen LogP contribution >= 0.6 is 0 Å². The maximum Gasteiger partial charge on any atom is 0.351 e. The molecule has 10 heteroatoms. The monoisotopic (exact) mass is 329 g/mol. The zero-order valence-electron chi connectivity index (χ0n) is 12.6. The minimum absolute atomic E-state index is 0.0679. The van der Waals surface area contributed by atoms with Gasteiger partial charge >= 0.3 is 11.7 Å². The van der Waals surface area contributed by atoms with Crippen molar-refractivity contribution in [2.75, 3.05) is 12.1 Å². The van der Waals surface area contributed by atoms with Crippen LogP contribution in [-0.4, -0.2) is 55.9 Å². The Hall–Kier alpha value is -2.01. The number of carbonyl (C=O) groups is 1. The highest BCUT2D eigenvalue weighted by atomic mass is 16.6. The molecule has 1 aliphatic rings. The molecular weight excluding hydrogens is 310 g/mol. The predicted octanol–water partition coefficient (Wildman–Crippen LogP) is -1.14. The normalized spacial score (nSPS) is 27.2. The van der Waals surface area contributed by atoms with E-state index in [1.54, 1.807) is 19.3 Å². The Kier molecular flexibility index (Phi) is 5.31. The van der Waals surface area contributed by atoms with Crippen LogP contribution < -0.4 is 11.2 Å². The minimum Gasteiger partial charge on any atom is -0.463 e. The molecule has 2 heterocycles. The van der Waals surface area contributed by atoms with Crippen molar-refractivity contribution < 1.29 is 29.7 Å². The Morgan fingerprint density at radius 2 is 2.17 bits per heavy atom. The van der Waals surface area contributed by atoms with Crippen molar-refractivity contribution in [3.05, 3.63) is 22.7 Å². The molecule has 128 valence electrons. The van der Waals surface area contributed by atoms with Gasteiger partial charge in [0.15, 0.2) is 12.0 Å². The first-order valence-electron chi connectivity index (χ1n) is 7.02. The largest absolute Gasteiger partial charge is 0.463 e. The lowest BCUT2D eigenvalue weighted by atomic mass is 10.1. The van der Waals surface area contributed by atoms with Crippen LogP contribution in [0.1, 0.15) is 20.1 Å². The minimum atomic E-state index is -1.40. The van der Waals surface area contributed by atoms with Crippen molar-refractivity contribution >= 4 is 11.8 Å². The van der Waals surface area contributed by atoms with Gasteiger partial charge in [-0.1, -0.05) is 13.8 Å². The molecule has 1 fully saturated rings. The van der Waals surface area contributed by atoms with Gasteiger partial charge in [0.1, 0.15) is 24.9 Å². The number of aliphatic hydroxyl groups excluding tert-OH is 2. The highest BCUT2D eigenvalue weighted by Gasteiger charge is 2.44.